The Morgan fingerprint density at radius 1 is 1.26 bits per heavy atom. The number of amides is 1. The number of carbonyl (C=O) groups excluding carboxylic acids is 2. The van der Waals surface area contributed by atoms with Gasteiger partial charge in [-0.05, 0) is 51.5 Å². The van der Waals surface area contributed by atoms with E-state index >= 15 is 0 Å². The summed E-state index contributed by atoms with van der Waals surface area (Å²) in [5, 5.41) is 3.28. The Balaban J connectivity index is 2.27. The molecule has 0 radical (unpaired) electrons. The van der Waals surface area contributed by atoms with Crippen LogP contribution in [0.5, 0.6) is 0 Å². The van der Waals surface area contributed by atoms with Crippen molar-refractivity contribution in [2.75, 3.05) is 5.32 Å². The van der Waals surface area contributed by atoms with Crippen molar-refractivity contribution in [3.05, 3.63) is 51.8 Å². The van der Waals surface area contributed by atoms with Crippen LogP contribution in [0.3, 0.4) is 0 Å². The number of ether oxygens (including phenoxy) is 1. The number of benzene rings is 1. The molecule has 1 amide bonds. The number of aromatic nitrogens is 1. The maximum atomic E-state index is 12.4. The van der Waals surface area contributed by atoms with Crippen LogP contribution in [0.15, 0.2) is 24.3 Å². The first-order valence-corrected chi connectivity index (χ1v) is 7.64. The third kappa shape index (κ3) is 3.93. The summed E-state index contributed by atoms with van der Waals surface area (Å²) in [5.41, 5.74) is 2.48. The molecule has 0 saturated heterocycles. The highest BCUT2D eigenvalue weighted by atomic mass is 35.5. The van der Waals surface area contributed by atoms with Crippen LogP contribution in [0.25, 0.3) is 0 Å². The summed E-state index contributed by atoms with van der Waals surface area (Å²) in [6, 6.07) is 6.86. The van der Waals surface area contributed by atoms with E-state index in [1.54, 1.807) is 52.0 Å². The van der Waals surface area contributed by atoms with Gasteiger partial charge in [-0.25, -0.2) is 4.79 Å². The SMILES string of the molecule is Cc1[nH]c(C(=O)Nc2cccc(Cl)c2)c(C)c1C(=O)OC(C)C. The van der Waals surface area contributed by atoms with Gasteiger partial charge in [0.05, 0.1) is 11.7 Å². The second kappa shape index (κ2) is 6.87. The van der Waals surface area contributed by atoms with E-state index in [0.29, 0.717) is 33.2 Å². The number of carbonyl (C=O) groups is 2. The van der Waals surface area contributed by atoms with Gasteiger partial charge in [0, 0.05) is 16.4 Å². The number of anilines is 1. The quantitative estimate of drug-likeness (QED) is 0.827. The fourth-order valence-electron chi connectivity index (χ4n) is 2.32. The molecule has 0 aliphatic carbocycles. The second-order valence-electron chi connectivity index (χ2n) is 5.54. The Bertz CT molecular complexity index is 750. The van der Waals surface area contributed by atoms with Crippen LogP contribution in [-0.2, 0) is 4.74 Å². The summed E-state index contributed by atoms with van der Waals surface area (Å²) in [5.74, 6) is -0.774. The topological polar surface area (TPSA) is 71.2 Å². The normalized spacial score (nSPS) is 10.7. The van der Waals surface area contributed by atoms with E-state index in [9.17, 15) is 9.59 Å². The zero-order valence-corrected chi connectivity index (χ0v) is 14.2. The van der Waals surface area contributed by atoms with E-state index < -0.39 is 5.97 Å². The lowest BCUT2D eigenvalue weighted by Crippen LogP contribution is -2.15. The van der Waals surface area contributed by atoms with Crippen LogP contribution in [-0.4, -0.2) is 23.0 Å². The first-order chi connectivity index (χ1) is 10.8. The Labute approximate surface area is 140 Å². The standard InChI is InChI=1S/C17H19ClN2O3/c1-9(2)23-17(22)14-10(3)15(19-11(14)4)16(21)20-13-7-5-6-12(18)8-13/h5-9,19H,1-4H3,(H,20,21). The summed E-state index contributed by atoms with van der Waals surface area (Å²) in [7, 11) is 0. The molecule has 0 saturated carbocycles. The van der Waals surface area contributed by atoms with Crippen molar-refractivity contribution in [3.63, 3.8) is 0 Å². The number of aromatic amines is 1. The van der Waals surface area contributed by atoms with Crippen molar-refractivity contribution in [2.24, 2.45) is 0 Å². The number of hydrogen-bond acceptors (Lipinski definition) is 3. The van der Waals surface area contributed by atoms with Crippen LogP contribution < -0.4 is 5.32 Å². The van der Waals surface area contributed by atoms with Crippen molar-refractivity contribution in [3.8, 4) is 0 Å². The minimum Gasteiger partial charge on any atom is -0.459 e. The fourth-order valence-corrected chi connectivity index (χ4v) is 2.51. The molecule has 0 atom stereocenters. The number of rotatable bonds is 4. The molecule has 1 aromatic carbocycles. The van der Waals surface area contributed by atoms with E-state index in [-0.39, 0.29) is 12.0 Å². The molecule has 23 heavy (non-hydrogen) atoms. The van der Waals surface area contributed by atoms with Gasteiger partial charge in [0.1, 0.15) is 5.69 Å². The van der Waals surface area contributed by atoms with Crippen LogP contribution >= 0.6 is 11.6 Å². The Hall–Kier alpha value is -2.27. The Morgan fingerprint density at radius 2 is 1.96 bits per heavy atom. The summed E-state index contributed by atoms with van der Waals surface area (Å²) >= 11 is 5.90. The molecule has 5 nitrogen and oxygen atoms in total. The van der Waals surface area contributed by atoms with Crippen LogP contribution in [0, 0.1) is 13.8 Å². The van der Waals surface area contributed by atoms with Crippen LogP contribution in [0.4, 0.5) is 5.69 Å². The molecule has 2 N–H and O–H groups in total. The highest BCUT2D eigenvalue weighted by molar-refractivity contribution is 6.31. The molecular formula is C17H19ClN2O3. The third-order valence-corrected chi connectivity index (χ3v) is 3.53. The van der Waals surface area contributed by atoms with Crippen molar-refractivity contribution >= 4 is 29.2 Å². The summed E-state index contributed by atoms with van der Waals surface area (Å²) < 4.78 is 5.22. The molecule has 2 rings (SSSR count). The van der Waals surface area contributed by atoms with E-state index in [1.165, 1.54) is 0 Å². The molecule has 122 valence electrons. The van der Waals surface area contributed by atoms with Gasteiger partial charge in [-0.2, -0.15) is 0 Å². The summed E-state index contributed by atoms with van der Waals surface area (Å²) in [4.78, 5) is 27.5. The Morgan fingerprint density at radius 3 is 2.57 bits per heavy atom. The zero-order valence-electron chi connectivity index (χ0n) is 13.5. The first kappa shape index (κ1) is 17.1. The summed E-state index contributed by atoms with van der Waals surface area (Å²) in [6.45, 7) is 7.01. The average Bonchev–Trinajstić information content (AvgIpc) is 2.73. The monoisotopic (exact) mass is 334 g/mol. The molecule has 6 heteroatoms. The lowest BCUT2D eigenvalue weighted by Gasteiger charge is -2.08. The van der Waals surface area contributed by atoms with Crippen LogP contribution in [0.2, 0.25) is 5.02 Å². The molecular weight excluding hydrogens is 316 g/mol. The number of hydrogen-bond donors (Lipinski definition) is 2. The smallest absolute Gasteiger partial charge is 0.340 e. The maximum absolute atomic E-state index is 12.4. The maximum Gasteiger partial charge on any atom is 0.340 e. The van der Waals surface area contributed by atoms with Crippen molar-refractivity contribution in [1.82, 2.24) is 4.98 Å². The number of aryl methyl sites for hydroxylation is 1. The predicted molar refractivity (Wildman–Crippen MR) is 90.2 cm³/mol. The van der Waals surface area contributed by atoms with E-state index in [4.69, 9.17) is 16.3 Å². The predicted octanol–water partition coefficient (Wildman–Crippen LogP) is 4.10. The van der Waals surface area contributed by atoms with E-state index in [2.05, 4.69) is 10.3 Å². The third-order valence-electron chi connectivity index (χ3n) is 3.29. The molecule has 0 spiro atoms. The van der Waals surface area contributed by atoms with Crippen LogP contribution in [0.1, 0.15) is 46.0 Å². The lowest BCUT2D eigenvalue weighted by atomic mass is 10.1. The summed E-state index contributed by atoms with van der Waals surface area (Å²) in [6.07, 6.45) is -0.222. The zero-order chi connectivity index (χ0) is 17.1. The largest absolute Gasteiger partial charge is 0.459 e. The molecule has 1 heterocycles. The fraction of sp³-hybridized carbons (Fsp3) is 0.294. The molecule has 0 aliphatic rings. The number of H-pyrrole nitrogens is 1. The van der Waals surface area contributed by atoms with E-state index in [1.807, 2.05) is 0 Å². The highest BCUT2D eigenvalue weighted by Gasteiger charge is 2.23. The highest BCUT2D eigenvalue weighted by Crippen LogP contribution is 2.21. The van der Waals surface area contributed by atoms with Gasteiger partial charge < -0.3 is 15.0 Å². The average molecular weight is 335 g/mol. The van der Waals surface area contributed by atoms with Gasteiger partial charge >= 0.3 is 5.97 Å². The van der Waals surface area contributed by atoms with Gasteiger partial charge in [0.15, 0.2) is 0 Å². The minimum absolute atomic E-state index is 0.222. The molecule has 2 aromatic rings. The second-order valence-corrected chi connectivity index (χ2v) is 5.98. The minimum atomic E-state index is -0.437. The van der Waals surface area contributed by atoms with Gasteiger partial charge in [0.25, 0.3) is 5.91 Å². The first-order valence-electron chi connectivity index (χ1n) is 7.26. The Kier molecular flexibility index (Phi) is 5.11. The lowest BCUT2D eigenvalue weighted by molar-refractivity contribution is 0.0376. The van der Waals surface area contributed by atoms with Gasteiger partial charge in [0.2, 0.25) is 0 Å². The van der Waals surface area contributed by atoms with Crippen molar-refractivity contribution < 1.29 is 14.3 Å². The molecule has 0 aliphatic heterocycles. The van der Waals surface area contributed by atoms with Gasteiger partial charge in [-0.15, -0.1) is 0 Å². The van der Waals surface area contributed by atoms with Gasteiger partial charge in [-0.1, -0.05) is 17.7 Å². The van der Waals surface area contributed by atoms with Crippen molar-refractivity contribution in [2.45, 2.75) is 33.8 Å². The molecule has 1 aromatic heterocycles. The molecule has 0 bridgehead atoms. The van der Waals surface area contributed by atoms with Gasteiger partial charge in [-0.3, -0.25) is 4.79 Å². The van der Waals surface area contributed by atoms with E-state index in [0.717, 1.165) is 0 Å². The molecule has 0 unspecified atom stereocenters. The van der Waals surface area contributed by atoms with Crippen molar-refractivity contribution in [1.29, 1.82) is 0 Å². The number of esters is 1. The molecule has 0 fully saturated rings. The number of halogens is 1. The number of nitrogens with one attached hydrogen (secondary N) is 2.